The molecule has 0 unspecified atom stereocenters. The third-order valence-corrected chi connectivity index (χ3v) is 8.39. The van der Waals surface area contributed by atoms with E-state index in [0.717, 1.165) is 33.5 Å². The Balaban J connectivity index is 1.43. The molecule has 0 radical (unpaired) electrons. The predicted molar refractivity (Wildman–Crippen MR) is 142 cm³/mol. The van der Waals surface area contributed by atoms with E-state index in [1.807, 2.05) is 26.0 Å². The second-order valence-electron chi connectivity index (χ2n) is 8.46. The average molecular weight is 536 g/mol. The Morgan fingerprint density at radius 2 is 1.76 bits per heavy atom. The first-order chi connectivity index (χ1) is 17.7. The number of carbonyl (C=O) groups excluding carboxylic acids is 1. The van der Waals surface area contributed by atoms with Crippen LogP contribution in [-0.4, -0.2) is 19.3 Å². The quantitative estimate of drug-likeness (QED) is 0.264. The van der Waals surface area contributed by atoms with E-state index < -0.39 is 15.8 Å². The number of halogens is 1. The second-order valence-corrected chi connectivity index (χ2v) is 11.1. The molecule has 2 heterocycles. The number of thiazole rings is 1. The number of nitrogens with zero attached hydrogens (tertiary/aromatic N) is 2. The second kappa shape index (κ2) is 9.79. The minimum Gasteiger partial charge on any atom is -0.467 e. The number of rotatable bonds is 7. The fourth-order valence-electron chi connectivity index (χ4n) is 3.78. The Kier molecular flexibility index (Phi) is 6.53. The van der Waals surface area contributed by atoms with Crippen molar-refractivity contribution in [3.05, 3.63) is 107 Å². The van der Waals surface area contributed by atoms with Gasteiger partial charge in [-0.3, -0.25) is 14.4 Å². The van der Waals surface area contributed by atoms with Gasteiger partial charge >= 0.3 is 0 Å². The molecule has 0 saturated heterocycles. The molecule has 0 aliphatic carbocycles. The normalized spacial score (nSPS) is 11.5. The summed E-state index contributed by atoms with van der Waals surface area (Å²) in [5.41, 5.74) is 3.64. The van der Waals surface area contributed by atoms with Gasteiger partial charge in [-0.25, -0.2) is 17.8 Å². The standard InChI is InChI=1S/C27H22FN3O4S2/c1-17-5-14-24-25(18(17)2)29-27(36-24)31(16-22-4-3-15-35-22)26(32)19-6-10-21(11-7-19)30-37(33,34)23-12-8-20(28)9-13-23/h3-15,30H,16H2,1-2H3. The van der Waals surface area contributed by atoms with Gasteiger partial charge in [0.05, 0.1) is 27.9 Å². The molecule has 0 spiro atoms. The lowest BCUT2D eigenvalue weighted by Crippen LogP contribution is -2.30. The molecule has 2 aromatic heterocycles. The van der Waals surface area contributed by atoms with Gasteiger partial charge in [0.2, 0.25) is 0 Å². The smallest absolute Gasteiger partial charge is 0.261 e. The van der Waals surface area contributed by atoms with Gasteiger partial charge in [0.1, 0.15) is 11.6 Å². The lowest BCUT2D eigenvalue weighted by molar-refractivity contribution is 0.0983. The molecule has 5 aromatic rings. The first-order valence-corrected chi connectivity index (χ1v) is 13.6. The van der Waals surface area contributed by atoms with Crippen LogP contribution in [0.5, 0.6) is 0 Å². The Labute approximate surface area is 217 Å². The van der Waals surface area contributed by atoms with E-state index in [9.17, 15) is 17.6 Å². The zero-order valence-corrected chi connectivity index (χ0v) is 21.6. The van der Waals surface area contributed by atoms with Gasteiger partial charge in [0, 0.05) is 11.3 Å². The van der Waals surface area contributed by atoms with Gasteiger partial charge < -0.3 is 4.42 Å². The summed E-state index contributed by atoms with van der Waals surface area (Å²) in [7, 11) is -3.91. The molecule has 37 heavy (non-hydrogen) atoms. The number of carbonyl (C=O) groups is 1. The van der Waals surface area contributed by atoms with Crippen LogP contribution < -0.4 is 9.62 Å². The highest BCUT2D eigenvalue weighted by Gasteiger charge is 2.24. The number of nitrogens with one attached hydrogen (secondary N) is 1. The van der Waals surface area contributed by atoms with Crippen LogP contribution in [-0.2, 0) is 16.6 Å². The first kappa shape index (κ1) is 24.7. The molecule has 0 saturated carbocycles. The Morgan fingerprint density at radius 1 is 1.03 bits per heavy atom. The molecule has 0 bridgehead atoms. The van der Waals surface area contributed by atoms with Crippen molar-refractivity contribution in [2.24, 2.45) is 0 Å². The zero-order chi connectivity index (χ0) is 26.2. The number of furan rings is 1. The number of hydrogen-bond acceptors (Lipinski definition) is 6. The molecule has 10 heteroatoms. The number of aromatic nitrogens is 1. The number of aryl methyl sites for hydroxylation is 2. The summed E-state index contributed by atoms with van der Waals surface area (Å²) in [5.74, 6) is -0.235. The number of sulfonamides is 1. The minimum absolute atomic E-state index is 0.0694. The zero-order valence-electron chi connectivity index (χ0n) is 19.9. The number of benzene rings is 3. The van der Waals surface area contributed by atoms with Crippen LogP contribution in [0.25, 0.3) is 10.2 Å². The Bertz CT molecular complexity index is 1680. The molecule has 7 nitrogen and oxygen atoms in total. The van der Waals surface area contributed by atoms with Crippen LogP contribution in [0.15, 0.2) is 88.4 Å². The van der Waals surface area contributed by atoms with Crippen molar-refractivity contribution in [1.29, 1.82) is 0 Å². The number of amides is 1. The highest BCUT2D eigenvalue weighted by molar-refractivity contribution is 7.92. The van der Waals surface area contributed by atoms with Gasteiger partial charge in [0.15, 0.2) is 5.13 Å². The maximum atomic E-state index is 13.6. The number of anilines is 2. The fourth-order valence-corrected chi connectivity index (χ4v) is 5.86. The molecule has 188 valence electrons. The molecule has 0 aliphatic rings. The molecular weight excluding hydrogens is 513 g/mol. The van der Waals surface area contributed by atoms with E-state index in [-0.39, 0.29) is 23.0 Å². The summed E-state index contributed by atoms with van der Waals surface area (Å²) in [6, 6.07) is 18.2. The molecule has 1 N–H and O–H groups in total. The third-order valence-electron chi connectivity index (χ3n) is 5.95. The van der Waals surface area contributed by atoms with Crippen LogP contribution in [0.2, 0.25) is 0 Å². The molecule has 0 atom stereocenters. The maximum Gasteiger partial charge on any atom is 0.261 e. The summed E-state index contributed by atoms with van der Waals surface area (Å²) in [4.78, 5) is 19.9. The first-order valence-electron chi connectivity index (χ1n) is 11.3. The summed E-state index contributed by atoms with van der Waals surface area (Å²) in [6.45, 7) is 4.21. The summed E-state index contributed by atoms with van der Waals surface area (Å²) in [6.07, 6.45) is 1.55. The van der Waals surface area contributed by atoms with E-state index in [2.05, 4.69) is 4.72 Å². The molecular formula is C27H22FN3O4S2. The topological polar surface area (TPSA) is 92.5 Å². The van der Waals surface area contributed by atoms with Gasteiger partial charge in [-0.2, -0.15) is 0 Å². The highest BCUT2D eigenvalue weighted by Crippen LogP contribution is 2.33. The highest BCUT2D eigenvalue weighted by atomic mass is 32.2. The molecule has 3 aromatic carbocycles. The number of hydrogen-bond donors (Lipinski definition) is 1. The van der Waals surface area contributed by atoms with E-state index in [1.54, 1.807) is 35.4 Å². The lowest BCUT2D eigenvalue weighted by atomic mass is 10.1. The minimum atomic E-state index is -3.91. The van der Waals surface area contributed by atoms with Gasteiger partial charge in [-0.05, 0) is 91.7 Å². The van der Waals surface area contributed by atoms with E-state index >= 15 is 0 Å². The van der Waals surface area contributed by atoms with Gasteiger partial charge in [-0.1, -0.05) is 17.4 Å². The van der Waals surface area contributed by atoms with Crippen LogP contribution in [0.1, 0.15) is 27.2 Å². The maximum absolute atomic E-state index is 13.6. The monoisotopic (exact) mass is 535 g/mol. The average Bonchev–Trinajstić information content (AvgIpc) is 3.55. The van der Waals surface area contributed by atoms with Gasteiger partial charge in [0.25, 0.3) is 15.9 Å². The summed E-state index contributed by atoms with van der Waals surface area (Å²) in [5, 5.41) is 0.534. The van der Waals surface area contributed by atoms with Crippen molar-refractivity contribution >= 4 is 48.3 Å². The van der Waals surface area contributed by atoms with E-state index in [4.69, 9.17) is 9.40 Å². The largest absolute Gasteiger partial charge is 0.467 e. The van der Waals surface area contributed by atoms with Crippen molar-refractivity contribution in [2.45, 2.75) is 25.3 Å². The van der Waals surface area contributed by atoms with Crippen molar-refractivity contribution in [2.75, 3.05) is 9.62 Å². The predicted octanol–water partition coefficient (Wildman–Crippen LogP) is 6.29. The molecule has 1 amide bonds. The molecule has 0 aliphatic heterocycles. The van der Waals surface area contributed by atoms with Crippen molar-refractivity contribution < 1.29 is 22.0 Å². The van der Waals surface area contributed by atoms with Crippen LogP contribution >= 0.6 is 11.3 Å². The van der Waals surface area contributed by atoms with Crippen LogP contribution in [0.4, 0.5) is 15.2 Å². The van der Waals surface area contributed by atoms with Gasteiger partial charge in [-0.15, -0.1) is 0 Å². The SMILES string of the molecule is Cc1ccc2sc(N(Cc3ccco3)C(=O)c3ccc(NS(=O)(=O)c4ccc(F)cc4)cc3)nc2c1C. The summed E-state index contributed by atoms with van der Waals surface area (Å²) >= 11 is 1.42. The van der Waals surface area contributed by atoms with E-state index in [1.165, 1.54) is 35.6 Å². The van der Waals surface area contributed by atoms with E-state index in [0.29, 0.717) is 16.5 Å². The molecule has 0 fully saturated rings. The van der Waals surface area contributed by atoms with Crippen molar-refractivity contribution in [1.82, 2.24) is 4.98 Å². The Hall–Kier alpha value is -4.02. The number of fused-ring (bicyclic) bond motifs is 1. The fraction of sp³-hybridized carbons (Fsp3) is 0.111. The Morgan fingerprint density at radius 3 is 2.43 bits per heavy atom. The molecule has 5 rings (SSSR count). The lowest BCUT2D eigenvalue weighted by Gasteiger charge is -2.19. The third kappa shape index (κ3) is 5.11. The van der Waals surface area contributed by atoms with Crippen LogP contribution in [0, 0.1) is 19.7 Å². The summed E-state index contributed by atoms with van der Waals surface area (Å²) < 4.78 is 47.3. The van der Waals surface area contributed by atoms with Crippen molar-refractivity contribution in [3.63, 3.8) is 0 Å². The van der Waals surface area contributed by atoms with Crippen LogP contribution in [0.3, 0.4) is 0 Å². The van der Waals surface area contributed by atoms with Crippen molar-refractivity contribution in [3.8, 4) is 0 Å².